The van der Waals surface area contributed by atoms with E-state index in [4.69, 9.17) is 9.26 Å². The third-order valence-electron chi connectivity index (χ3n) is 4.99. The van der Waals surface area contributed by atoms with Crippen LogP contribution in [0.3, 0.4) is 0 Å². The molecule has 1 saturated heterocycles. The number of rotatable bonds is 6. The SMILES string of the molecule is COC(=O)c1sccc1S(=O)(=O)N1CCCC(Cc2nc(C3CC3)no2)C1. The zero-order valence-corrected chi connectivity index (χ0v) is 16.6. The Labute approximate surface area is 161 Å². The third kappa shape index (κ3) is 3.78. The molecule has 2 aromatic heterocycles. The lowest BCUT2D eigenvalue weighted by molar-refractivity contribution is 0.0602. The van der Waals surface area contributed by atoms with Gasteiger partial charge >= 0.3 is 5.97 Å². The van der Waals surface area contributed by atoms with Gasteiger partial charge < -0.3 is 9.26 Å². The average Bonchev–Trinajstić information content (AvgIpc) is 3.20. The number of ether oxygens (including phenoxy) is 1. The van der Waals surface area contributed by atoms with Crippen molar-refractivity contribution in [3.05, 3.63) is 28.0 Å². The standard InChI is InChI=1S/C17H21N3O5S2/c1-24-17(21)15-13(6-8-26-15)27(22,23)20-7-2-3-11(10-20)9-14-18-16(19-25-14)12-4-5-12/h6,8,11-12H,2-5,7,9-10H2,1H3. The van der Waals surface area contributed by atoms with Crippen LogP contribution in [0.2, 0.25) is 0 Å². The Morgan fingerprint density at radius 3 is 2.96 bits per heavy atom. The molecular weight excluding hydrogens is 390 g/mol. The second-order valence-corrected chi connectivity index (χ2v) is 9.82. The summed E-state index contributed by atoms with van der Waals surface area (Å²) >= 11 is 1.07. The number of methoxy groups -OCH3 is 1. The lowest BCUT2D eigenvalue weighted by Crippen LogP contribution is -2.40. The number of carbonyl (C=O) groups excluding carboxylic acids is 1. The fourth-order valence-corrected chi connectivity index (χ4v) is 6.26. The summed E-state index contributed by atoms with van der Waals surface area (Å²) in [6.45, 7) is 0.812. The van der Waals surface area contributed by atoms with Crippen molar-refractivity contribution in [1.82, 2.24) is 14.4 Å². The Kier molecular flexibility index (Phi) is 5.04. The molecule has 0 aromatic carbocycles. The molecule has 1 aliphatic carbocycles. The van der Waals surface area contributed by atoms with Gasteiger partial charge in [0.05, 0.1) is 7.11 Å². The molecule has 0 amide bonds. The van der Waals surface area contributed by atoms with Crippen LogP contribution in [-0.2, 0) is 21.2 Å². The van der Waals surface area contributed by atoms with Gasteiger partial charge in [-0.05, 0) is 43.0 Å². The third-order valence-corrected chi connectivity index (χ3v) is 7.92. The van der Waals surface area contributed by atoms with Crippen molar-refractivity contribution < 1.29 is 22.5 Å². The number of piperidine rings is 1. The molecule has 1 unspecified atom stereocenters. The summed E-state index contributed by atoms with van der Waals surface area (Å²) in [5.74, 6) is 1.26. The van der Waals surface area contributed by atoms with Crippen molar-refractivity contribution in [2.75, 3.05) is 20.2 Å². The molecule has 10 heteroatoms. The van der Waals surface area contributed by atoms with E-state index in [0.717, 1.165) is 42.8 Å². The zero-order valence-electron chi connectivity index (χ0n) is 15.0. The van der Waals surface area contributed by atoms with E-state index in [1.165, 1.54) is 17.5 Å². The highest BCUT2D eigenvalue weighted by atomic mass is 32.2. The summed E-state index contributed by atoms with van der Waals surface area (Å²) in [4.78, 5) is 16.5. The fraction of sp³-hybridized carbons (Fsp3) is 0.588. The average molecular weight is 412 g/mol. The highest BCUT2D eigenvalue weighted by molar-refractivity contribution is 7.89. The Bertz CT molecular complexity index is 932. The second kappa shape index (κ2) is 7.33. The second-order valence-electron chi connectivity index (χ2n) is 7.00. The normalized spacial score (nSPS) is 21.3. The molecule has 0 spiro atoms. The Hall–Kier alpha value is -1.78. The smallest absolute Gasteiger partial charge is 0.349 e. The molecule has 4 rings (SSSR count). The predicted molar refractivity (Wildman–Crippen MR) is 97.1 cm³/mol. The first-order valence-corrected chi connectivity index (χ1v) is 11.3. The summed E-state index contributed by atoms with van der Waals surface area (Å²) in [6, 6.07) is 1.47. The fourth-order valence-electron chi connectivity index (χ4n) is 3.40. The van der Waals surface area contributed by atoms with Crippen molar-refractivity contribution in [3.8, 4) is 0 Å². The minimum absolute atomic E-state index is 0.0220. The highest BCUT2D eigenvalue weighted by Crippen LogP contribution is 2.38. The van der Waals surface area contributed by atoms with E-state index in [1.54, 1.807) is 5.38 Å². The molecule has 0 bridgehead atoms. The van der Waals surface area contributed by atoms with Crippen LogP contribution in [0, 0.1) is 5.92 Å². The molecule has 1 aliphatic heterocycles. The number of thiophene rings is 1. The maximum Gasteiger partial charge on any atom is 0.349 e. The van der Waals surface area contributed by atoms with E-state index >= 15 is 0 Å². The van der Waals surface area contributed by atoms with E-state index in [0.29, 0.717) is 31.3 Å². The first-order valence-electron chi connectivity index (χ1n) is 8.97. The molecule has 2 aliphatic rings. The Balaban J connectivity index is 1.48. The molecule has 8 nitrogen and oxygen atoms in total. The summed E-state index contributed by atoms with van der Waals surface area (Å²) in [7, 11) is -2.51. The zero-order chi connectivity index (χ0) is 19.0. The van der Waals surface area contributed by atoms with Gasteiger partial charge in [-0.15, -0.1) is 11.3 Å². The van der Waals surface area contributed by atoms with Crippen LogP contribution in [0.4, 0.5) is 0 Å². The number of hydrogen-bond donors (Lipinski definition) is 0. The van der Waals surface area contributed by atoms with Crippen LogP contribution in [0.25, 0.3) is 0 Å². The molecule has 2 aromatic rings. The van der Waals surface area contributed by atoms with Crippen LogP contribution >= 0.6 is 11.3 Å². The number of carbonyl (C=O) groups is 1. The molecule has 0 radical (unpaired) electrons. The molecule has 3 heterocycles. The quantitative estimate of drug-likeness (QED) is 0.673. The maximum absolute atomic E-state index is 13.1. The lowest BCUT2D eigenvalue weighted by Gasteiger charge is -2.31. The number of esters is 1. The van der Waals surface area contributed by atoms with Gasteiger partial charge in [0.15, 0.2) is 5.82 Å². The molecule has 1 saturated carbocycles. The van der Waals surface area contributed by atoms with Crippen molar-refractivity contribution in [1.29, 1.82) is 0 Å². The van der Waals surface area contributed by atoms with E-state index in [-0.39, 0.29) is 15.7 Å². The van der Waals surface area contributed by atoms with Gasteiger partial charge in [0.2, 0.25) is 15.9 Å². The van der Waals surface area contributed by atoms with Crippen LogP contribution in [0.1, 0.15) is 53.0 Å². The minimum Gasteiger partial charge on any atom is -0.465 e. The van der Waals surface area contributed by atoms with Gasteiger partial charge in [-0.3, -0.25) is 0 Å². The van der Waals surface area contributed by atoms with Crippen LogP contribution < -0.4 is 0 Å². The molecule has 0 N–H and O–H groups in total. The van der Waals surface area contributed by atoms with Gasteiger partial charge in [0.25, 0.3) is 0 Å². The Morgan fingerprint density at radius 1 is 1.41 bits per heavy atom. The number of hydrogen-bond acceptors (Lipinski definition) is 8. The monoisotopic (exact) mass is 411 g/mol. The topological polar surface area (TPSA) is 103 Å². The summed E-state index contributed by atoms with van der Waals surface area (Å²) in [5.41, 5.74) is 0. The molecule has 146 valence electrons. The van der Waals surface area contributed by atoms with Gasteiger partial charge in [0.1, 0.15) is 9.77 Å². The number of nitrogens with zero attached hydrogens (tertiary/aromatic N) is 3. The van der Waals surface area contributed by atoms with E-state index in [2.05, 4.69) is 10.1 Å². The van der Waals surface area contributed by atoms with Crippen LogP contribution in [0.5, 0.6) is 0 Å². The largest absolute Gasteiger partial charge is 0.465 e. The van der Waals surface area contributed by atoms with Crippen LogP contribution in [-0.4, -0.2) is 49.0 Å². The first-order chi connectivity index (χ1) is 13.0. The maximum atomic E-state index is 13.1. The van der Waals surface area contributed by atoms with Crippen LogP contribution in [0.15, 0.2) is 20.9 Å². The van der Waals surface area contributed by atoms with Crippen molar-refractivity contribution >= 4 is 27.3 Å². The number of aromatic nitrogens is 2. The van der Waals surface area contributed by atoms with E-state index in [1.807, 2.05) is 0 Å². The van der Waals surface area contributed by atoms with Crippen molar-refractivity contribution in [3.63, 3.8) is 0 Å². The minimum atomic E-state index is -3.75. The van der Waals surface area contributed by atoms with E-state index < -0.39 is 16.0 Å². The Morgan fingerprint density at radius 2 is 2.22 bits per heavy atom. The first kappa shape index (κ1) is 18.6. The summed E-state index contributed by atoms with van der Waals surface area (Å²) in [6.07, 6.45) is 4.44. The number of sulfonamides is 1. The van der Waals surface area contributed by atoms with Gasteiger partial charge in [-0.1, -0.05) is 5.16 Å². The molecule has 27 heavy (non-hydrogen) atoms. The highest BCUT2D eigenvalue weighted by Gasteiger charge is 2.35. The van der Waals surface area contributed by atoms with Gasteiger partial charge in [-0.25, -0.2) is 13.2 Å². The lowest BCUT2D eigenvalue weighted by atomic mass is 9.96. The molecular formula is C17H21N3O5S2. The molecule has 1 atom stereocenters. The van der Waals surface area contributed by atoms with E-state index in [9.17, 15) is 13.2 Å². The van der Waals surface area contributed by atoms with Gasteiger partial charge in [0, 0.05) is 25.4 Å². The van der Waals surface area contributed by atoms with Crippen molar-refractivity contribution in [2.45, 2.75) is 42.9 Å². The summed E-state index contributed by atoms with van der Waals surface area (Å²) < 4.78 is 37.6. The molecule has 2 fully saturated rings. The van der Waals surface area contributed by atoms with Crippen molar-refractivity contribution in [2.24, 2.45) is 5.92 Å². The predicted octanol–water partition coefficient (Wildman–Crippen LogP) is 2.44. The van der Waals surface area contributed by atoms with Gasteiger partial charge in [-0.2, -0.15) is 9.29 Å². The summed E-state index contributed by atoms with van der Waals surface area (Å²) in [5, 5.41) is 5.62.